The number of nitrogens with zero attached hydrogens (tertiary/aromatic N) is 4. The molecule has 1 fully saturated rings. The Morgan fingerprint density at radius 3 is 2.70 bits per heavy atom. The van der Waals surface area contributed by atoms with E-state index in [-0.39, 0.29) is 23.7 Å². The van der Waals surface area contributed by atoms with Crippen LogP contribution in [0.1, 0.15) is 37.1 Å². The lowest BCUT2D eigenvalue weighted by Gasteiger charge is -2.32. The highest BCUT2D eigenvalue weighted by Gasteiger charge is 2.39. The van der Waals surface area contributed by atoms with E-state index in [1.165, 1.54) is 5.56 Å². The monoisotopic (exact) mass is 403 g/mol. The minimum Gasteiger partial charge on any atom is -0.349 e. The highest BCUT2D eigenvalue weighted by molar-refractivity contribution is 5.99. The van der Waals surface area contributed by atoms with Crippen LogP contribution in [0.15, 0.2) is 48.7 Å². The van der Waals surface area contributed by atoms with Crippen LogP contribution in [-0.2, 0) is 22.6 Å². The first-order chi connectivity index (χ1) is 14.7. The van der Waals surface area contributed by atoms with Gasteiger partial charge in [0.15, 0.2) is 11.5 Å². The summed E-state index contributed by atoms with van der Waals surface area (Å²) >= 11 is 0. The summed E-state index contributed by atoms with van der Waals surface area (Å²) in [6, 6.07) is 13.8. The average Bonchev–Trinajstić information content (AvgIpc) is 3.41. The summed E-state index contributed by atoms with van der Waals surface area (Å²) < 4.78 is 1.87. The standard InChI is InChI=1S/C23H25N5O2/c29-22(24-15-21-26-25-20-11-5-6-13-28(20)21)17-8-2-3-9-18(17)23(30)27-14-12-16-7-1-4-10-19(16)27/h1,4-7,10-11,13,17-18H,2-3,8-9,12,14-15H2,(H,24,29)/t17-,18+/m0/s1. The number of amides is 2. The molecule has 2 aromatic heterocycles. The average molecular weight is 403 g/mol. The summed E-state index contributed by atoms with van der Waals surface area (Å²) in [7, 11) is 0. The van der Waals surface area contributed by atoms with Crippen LogP contribution in [0.4, 0.5) is 5.69 Å². The lowest BCUT2D eigenvalue weighted by molar-refractivity contribution is -0.135. The molecule has 0 spiro atoms. The first kappa shape index (κ1) is 18.8. The predicted octanol–water partition coefficient (Wildman–Crippen LogP) is 2.74. The van der Waals surface area contributed by atoms with E-state index < -0.39 is 0 Å². The molecule has 5 rings (SSSR count). The third kappa shape index (κ3) is 3.34. The number of rotatable bonds is 4. The van der Waals surface area contributed by atoms with Crippen molar-refractivity contribution in [1.82, 2.24) is 19.9 Å². The van der Waals surface area contributed by atoms with E-state index in [1.54, 1.807) is 0 Å². The fourth-order valence-corrected chi connectivity index (χ4v) is 4.82. The maximum atomic E-state index is 13.4. The minimum absolute atomic E-state index is 0.0618. The van der Waals surface area contributed by atoms with Gasteiger partial charge in [-0.2, -0.15) is 0 Å². The molecular weight excluding hydrogens is 378 g/mol. The fourth-order valence-electron chi connectivity index (χ4n) is 4.82. The molecule has 1 saturated carbocycles. The third-order valence-electron chi connectivity index (χ3n) is 6.38. The van der Waals surface area contributed by atoms with Gasteiger partial charge in [-0.15, -0.1) is 10.2 Å². The molecule has 0 bridgehead atoms. The number of hydrogen-bond donors (Lipinski definition) is 1. The second kappa shape index (κ2) is 7.89. The van der Waals surface area contributed by atoms with Crippen LogP contribution < -0.4 is 10.2 Å². The molecule has 30 heavy (non-hydrogen) atoms. The first-order valence-electron chi connectivity index (χ1n) is 10.7. The Hall–Kier alpha value is -3.22. The van der Waals surface area contributed by atoms with Gasteiger partial charge in [0.1, 0.15) is 0 Å². The topological polar surface area (TPSA) is 79.6 Å². The van der Waals surface area contributed by atoms with Gasteiger partial charge in [-0.1, -0.05) is 37.1 Å². The molecule has 154 valence electrons. The van der Waals surface area contributed by atoms with Crippen LogP contribution in [0.25, 0.3) is 5.65 Å². The van der Waals surface area contributed by atoms with E-state index in [9.17, 15) is 9.59 Å². The number of para-hydroxylation sites is 1. The molecule has 1 aliphatic carbocycles. The van der Waals surface area contributed by atoms with Gasteiger partial charge in [0.05, 0.1) is 12.5 Å². The molecule has 0 unspecified atom stereocenters. The van der Waals surface area contributed by atoms with Crippen molar-refractivity contribution in [2.24, 2.45) is 11.8 Å². The number of pyridine rings is 1. The van der Waals surface area contributed by atoms with Crippen LogP contribution in [0, 0.1) is 11.8 Å². The molecule has 3 heterocycles. The summed E-state index contributed by atoms with van der Waals surface area (Å²) in [6.07, 6.45) is 6.25. The van der Waals surface area contributed by atoms with Crippen molar-refractivity contribution in [2.75, 3.05) is 11.4 Å². The summed E-state index contributed by atoms with van der Waals surface area (Å²) in [5, 5.41) is 11.3. The Labute approximate surface area is 175 Å². The van der Waals surface area contributed by atoms with Gasteiger partial charge < -0.3 is 10.2 Å². The van der Waals surface area contributed by atoms with Crippen molar-refractivity contribution in [2.45, 2.75) is 38.6 Å². The van der Waals surface area contributed by atoms with Gasteiger partial charge in [0.2, 0.25) is 11.8 Å². The van der Waals surface area contributed by atoms with Crippen LogP contribution >= 0.6 is 0 Å². The van der Waals surface area contributed by atoms with Crippen molar-refractivity contribution >= 4 is 23.1 Å². The lowest BCUT2D eigenvalue weighted by atomic mass is 9.77. The largest absolute Gasteiger partial charge is 0.349 e. The van der Waals surface area contributed by atoms with Crippen molar-refractivity contribution in [1.29, 1.82) is 0 Å². The number of anilines is 1. The Kier molecular flexibility index (Phi) is 4.94. The zero-order valence-corrected chi connectivity index (χ0v) is 16.8. The molecule has 1 aliphatic heterocycles. The molecule has 2 atom stereocenters. The summed E-state index contributed by atoms with van der Waals surface area (Å²) in [4.78, 5) is 28.4. The van der Waals surface area contributed by atoms with Crippen molar-refractivity contribution in [3.8, 4) is 0 Å². The fraction of sp³-hybridized carbons (Fsp3) is 0.391. The number of aromatic nitrogens is 3. The number of fused-ring (bicyclic) bond motifs is 2. The molecule has 2 amide bonds. The molecule has 0 radical (unpaired) electrons. The molecule has 3 aromatic rings. The van der Waals surface area contributed by atoms with Crippen molar-refractivity contribution in [3.63, 3.8) is 0 Å². The van der Waals surface area contributed by atoms with Gasteiger partial charge in [-0.3, -0.25) is 14.0 Å². The number of hydrogen-bond acceptors (Lipinski definition) is 4. The molecular formula is C23H25N5O2. The normalized spacial score (nSPS) is 20.9. The zero-order valence-electron chi connectivity index (χ0n) is 16.8. The quantitative estimate of drug-likeness (QED) is 0.726. The molecule has 1 N–H and O–H groups in total. The first-order valence-corrected chi connectivity index (χ1v) is 10.7. The van der Waals surface area contributed by atoms with Gasteiger partial charge >= 0.3 is 0 Å². The second-order valence-electron chi connectivity index (χ2n) is 8.13. The maximum absolute atomic E-state index is 13.4. The SMILES string of the molecule is O=C(NCc1nnc2ccccn12)[C@H]1CCCC[C@H]1C(=O)N1CCc2ccccc21. The Bertz CT molecular complexity index is 1090. The van der Waals surface area contributed by atoms with E-state index in [1.807, 2.05) is 51.9 Å². The summed E-state index contributed by atoms with van der Waals surface area (Å²) in [5.41, 5.74) is 2.96. The van der Waals surface area contributed by atoms with E-state index >= 15 is 0 Å². The Morgan fingerprint density at radius 2 is 1.80 bits per heavy atom. The van der Waals surface area contributed by atoms with E-state index in [2.05, 4.69) is 21.6 Å². The van der Waals surface area contributed by atoms with Crippen molar-refractivity contribution < 1.29 is 9.59 Å². The molecule has 7 heteroatoms. The maximum Gasteiger partial charge on any atom is 0.230 e. The highest BCUT2D eigenvalue weighted by Crippen LogP contribution is 2.35. The van der Waals surface area contributed by atoms with Crippen molar-refractivity contribution in [3.05, 3.63) is 60.0 Å². The third-order valence-corrected chi connectivity index (χ3v) is 6.38. The number of carbonyl (C=O) groups excluding carboxylic acids is 2. The van der Waals surface area contributed by atoms with Gasteiger partial charge in [0.25, 0.3) is 0 Å². The zero-order chi connectivity index (χ0) is 20.5. The number of carbonyl (C=O) groups is 2. The molecule has 1 aromatic carbocycles. The number of nitrogens with one attached hydrogen (secondary N) is 1. The summed E-state index contributed by atoms with van der Waals surface area (Å²) in [6.45, 7) is 1.00. The van der Waals surface area contributed by atoms with E-state index in [0.717, 1.165) is 43.4 Å². The second-order valence-corrected chi connectivity index (χ2v) is 8.13. The smallest absolute Gasteiger partial charge is 0.230 e. The van der Waals surface area contributed by atoms with Crippen LogP contribution in [0.3, 0.4) is 0 Å². The highest BCUT2D eigenvalue weighted by atomic mass is 16.2. The molecule has 2 aliphatic rings. The van der Waals surface area contributed by atoms with E-state index in [0.29, 0.717) is 18.9 Å². The predicted molar refractivity (Wildman–Crippen MR) is 113 cm³/mol. The minimum atomic E-state index is -0.293. The molecule has 0 saturated heterocycles. The van der Waals surface area contributed by atoms with Gasteiger partial charge in [0, 0.05) is 24.3 Å². The van der Waals surface area contributed by atoms with Gasteiger partial charge in [-0.05, 0) is 43.0 Å². The van der Waals surface area contributed by atoms with E-state index in [4.69, 9.17) is 0 Å². The van der Waals surface area contributed by atoms with Gasteiger partial charge in [-0.25, -0.2) is 0 Å². The lowest BCUT2D eigenvalue weighted by Crippen LogP contribution is -2.45. The Morgan fingerprint density at radius 1 is 1.00 bits per heavy atom. The van der Waals surface area contributed by atoms with Crippen LogP contribution in [0.5, 0.6) is 0 Å². The number of benzene rings is 1. The molecule has 7 nitrogen and oxygen atoms in total. The Balaban J connectivity index is 1.30. The van der Waals surface area contributed by atoms with Crippen LogP contribution in [0.2, 0.25) is 0 Å². The summed E-state index contributed by atoms with van der Waals surface area (Å²) in [5.74, 6) is 0.158. The van der Waals surface area contributed by atoms with Crippen LogP contribution in [-0.4, -0.2) is 33.0 Å².